The van der Waals surface area contributed by atoms with Crippen molar-refractivity contribution in [3.05, 3.63) is 29.8 Å². The zero-order chi connectivity index (χ0) is 9.68. The molecular weight excluding hydrogens is 166 g/mol. The molecule has 0 fully saturated rings. The standard InChI is InChI=1S/C10H13NO2/c1-11-10(7-12)8-4-3-5-9(6-8)13-2/h3-7,10-11H,1-2H3. The van der Waals surface area contributed by atoms with Gasteiger partial charge < -0.3 is 14.8 Å². The third-order valence-corrected chi connectivity index (χ3v) is 1.90. The van der Waals surface area contributed by atoms with E-state index < -0.39 is 0 Å². The summed E-state index contributed by atoms with van der Waals surface area (Å²) < 4.78 is 5.05. The number of hydrogen-bond donors (Lipinski definition) is 1. The van der Waals surface area contributed by atoms with E-state index in [0.29, 0.717) is 0 Å². The number of nitrogens with one attached hydrogen (secondary N) is 1. The maximum absolute atomic E-state index is 10.6. The van der Waals surface area contributed by atoms with Crippen molar-refractivity contribution < 1.29 is 9.53 Å². The summed E-state index contributed by atoms with van der Waals surface area (Å²) in [5.74, 6) is 0.764. The number of carbonyl (C=O) groups is 1. The van der Waals surface area contributed by atoms with Gasteiger partial charge in [0.2, 0.25) is 0 Å². The second kappa shape index (κ2) is 4.62. The van der Waals surface area contributed by atoms with E-state index in [2.05, 4.69) is 5.32 Å². The minimum absolute atomic E-state index is 0.255. The Morgan fingerprint density at radius 2 is 2.31 bits per heavy atom. The highest BCUT2D eigenvalue weighted by molar-refractivity contribution is 5.61. The molecule has 70 valence electrons. The number of methoxy groups -OCH3 is 1. The van der Waals surface area contributed by atoms with Crippen LogP contribution in [0.25, 0.3) is 0 Å². The second-order valence-electron chi connectivity index (χ2n) is 2.68. The number of aldehydes is 1. The lowest BCUT2D eigenvalue weighted by atomic mass is 10.1. The number of hydrogen-bond acceptors (Lipinski definition) is 3. The largest absolute Gasteiger partial charge is 0.497 e. The maximum Gasteiger partial charge on any atom is 0.141 e. The number of carbonyl (C=O) groups excluding carboxylic acids is 1. The average Bonchev–Trinajstić information content (AvgIpc) is 2.20. The van der Waals surface area contributed by atoms with Crippen molar-refractivity contribution in [2.75, 3.05) is 14.2 Å². The first-order chi connectivity index (χ1) is 6.31. The monoisotopic (exact) mass is 179 g/mol. The van der Waals surface area contributed by atoms with Crippen LogP contribution in [-0.2, 0) is 4.79 Å². The smallest absolute Gasteiger partial charge is 0.141 e. The van der Waals surface area contributed by atoms with Crippen molar-refractivity contribution >= 4 is 6.29 Å². The topological polar surface area (TPSA) is 38.3 Å². The molecule has 0 spiro atoms. The summed E-state index contributed by atoms with van der Waals surface area (Å²) in [5.41, 5.74) is 0.914. The van der Waals surface area contributed by atoms with Crippen LogP contribution in [0.4, 0.5) is 0 Å². The Hall–Kier alpha value is -1.35. The Morgan fingerprint density at radius 3 is 2.85 bits per heavy atom. The first kappa shape index (κ1) is 9.74. The molecular formula is C10H13NO2. The minimum Gasteiger partial charge on any atom is -0.497 e. The Morgan fingerprint density at radius 1 is 1.54 bits per heavy atom. The maximum atomic E-state index is 10.6. The molecule has 0 saturated heterocycles. The molecule has 0 aliphatic rings. The van der Waals surface area contributed by atoms with Crippen LogP contribution in [0.2, 0.25) is 0 Å². The van der Waals surface area contributed by atoms with E-state index >= 15 is 0 Å². The molecule has 0 saturated carbocycles. The zero-order valence-corrected chi connectivity index (χ0v) is 7.78. The van der Waals surface area contributed by atoms with Gasteiger partial charge in [0, 0.05) is 0 Å². The number of likely N-dealkylation sites (N-methyl/N-ethyl adjacent to an activating group) is 1. The van der Waals surface area contributed by atoms with Gasteiger partial charge in [-0.05, 0) is 24.7 Å². The Kier molecular flexibility index (Phi) is 3.46. The summed E-state index contributed by atoms with van der Waals surface area (Å²) in [6, 6.07) is 7.19. The van der Waals surface area contributed by atoms with Crippen molar-refractivity contribution in [3.63, 3.8) is 0 Å². The molecule has 1 aromatic rings. The molecule has 1 aromatic carbocycles. The first-order valence-electron chi connectivity index (χ1n) is 4.08. The van der Waals surface area contributed by atoms with Crippen molar-refractivity contribution in [2.45, 2.75) is 6.04 Å². The van der Waals surface area contributed by atoms with Crippen LogP contribution in [0.3, 0.4) is 0 Å². The summed E-state index contributed by atoms with van der Waals surface area (Å²) >= 11 is 0. The average molecular weight is 179 g/mol. The summed E-state index contributed by atoms with van der Waals surface area (Å²) in [5, 5.41) is 2.90. The fraction of sp³-hybridized carbons (Fsp3) is 0.300. The summed E-state index contributed by atoms with van der Waals surface area (Å²) in [6.07, 6.45) is 0.870. The third kappa shape index (κ3) is 2.29. The second-order valence-corrected chi connectivity index (χ2v) is 2.68. The molecule has 0 aromatic heterocycles. The van der Waals surface area contributed by atoms with Crippen molar-refractivity contribution in [1.82, 2.24) is 5.32 Å². The highest BCUT2D eigenvalue weighted by Crippen LogP contribution is 2.17. The lowest BCUT2D eigenvalue weighted by Crippen LogP contribution is -2.17. The summed E-state index contributed by atoms with van der Waals surface area (Å²) in [6.45, 7) is 0. The van der Waals surface area contributed by atoms with Crippen LogP contribution in [-0.4, -0.2) is 20.4 Å². The number of benzene rings is 1. The van der Waals surface area contributed by atoms with Crippen LogP contribution in [0.1, 0.15) is 11.6 Å². The van der Waals surface area contributed by atoms with E-state index in [4.69, 9.17) is 4.74 Å². The lowest BCUT2D eigenvalue weighted by molar-refractivity contribution is -0.109. The predicted molar refractivity (Wildman–Crippen MR) is 50.9 cm³/mol. The van der Waals surface area contributed by atoms with Gasteiger partial charge in [-0.3, -0.25) is 0 Å². The summed E-state index contributed by atoms with van der Waals surface area (Å²) in [7, 11) is 3.35. The van der Waals surface area contributed by atoms with E-state index in [0.717, 1.165) is 17.6 Å². The van der Waals surface area contributed by atoms with Crippen molar-refractivity contribution in [3.8, 4) is 5.75 Å². The molecule has 0 heterocycles. The van der Waals surface area contributed by atoms with E-state index in [1.165, 1.54) is 0 Å². The van der Waals surface area contributed by atoms with E-state index in [9.17, 15) is 4.79 Å². The molecule has 1 atom stereocenters. The lowest BCUT2D eigenvalue weighted by Gasteiger charge is -2.09. The van der Waals surface area contributed by atoms with Crippen LogP contribution >= 0.6 is 0 Å². The van der Waals surface area contributed by atoms with Gasteiger partial charge in [0.1, 0.15) is 12.0 Å². The van der Waals surface area contributed by atoms with Gasteiger partial charge in [0.15, 0.2) is 0 Å². The Bertz CT molecular complexity index is 286. The van der Waals surface area contributed by atoms with Crippen molar-refractivity contribution in [2.24, 2.45) is 0 Å². The van der Waals surface area contributed by atoms with Gasteiger partial charge in [-0.15, -0.1) is 0 Å². The van der Waals surface area contributed by atoms with Crippen LogP contribution in [0.5, 0.6) is 5.75 Å². The van der Waals surface area contributed by atoms with Gasteiger partial charge >= 0.3 is 0 Å². The van der Waals surface area contributed by atoms with Gasteiger partial charge in [-0.2, -0.15) is 0 Å². The minimum atomic E-state index is -0.255. The molecule has 0 amide bonds. The van der Waals surface area contributed by atoms with Gasteiger partial charge in [0.05, 0.1) is 13.2 Å². The molecule has 1 unspecified atom stereocenters. The highest BCUT2D eigenvalue weighted by Gasteiger charge is 2.07. The Balaban J connectivity index is 2.92. The van der Waals surface area contributed by atoms with Crippen LogP contribution in [0.15, 0.2) is 24.3 Å². The molecule has 1 N–H and O–H groups in total. The molecule has 3 heteroatoms. The third-order valence-electron chi connectivity index (χ3n) is 1.90. The molecule has 3 nitrogen and oxygen atoms in total. The fourth-order valence-electron chi connectivity index (χ4n) is 1.15. The normalized spacial score (nSPS) is 12.2. The molecule has 0 aliphatic carbocycles. The van der Waals surface area contributed by atoms with Gasteiger partial charge in [-0.25, -0.2) is 0 Å². The first-order valence-corrected chi connectivity index (χ1v) is 4.08. The SMILES string of the molecule is CNC(C=O)c1cccc(OC)c1. The predicted octanol–water partition coefficient (Wildman–Crippen LogP) is 1.15. The molecule has 0 aliphatic heterocycles. The zero-order valence-electron chi connectivity index (χ0n) is 7.78. The molecule has 0 radical (unpaired) electrons. The fourth-order valence-corrected chi connectivity index (χ4v) is 1.15. The summed E-state index contributed by atoms with van der Waals surface area (Å²) in [4.78, 5) is 10.6. The van der Waals surface area contributed by atoms with Gasteiger partial charge in [0.25, 0.3) is 0 Å². The number of ether oxygens (including phenoxy) is 1. The van der Waals surface area contributed by atoms with E-state index in [1.54, 1.807) is 14.2 Å². The van der Waals surface area contributed by atoms with E-state index in [-0.39, 0.29) is 6.04 Å². The van der Waals surface area contributed by atoms with Gasteiger partial charge in [-0.1, -0.05) is 12.1 Å². The molecule has 1 rings (SSSR count). The van der Waals surface area contributed by atoms with Crippen LogP contribution < -0.4 is 10.1 Å². The molecule has 0 bridgehead atoms. The van der Waals surface area contributed by atoms with E-state index in [1.807, 2.05) is 24.3 Å². The molecule has 13 heavy (non-hydrogen) atoms. The quantitative estimate of drug-likeness (QED) is 0.705. The van der Waals surface area contributed by atoms with Crippen LogP contribution in [0, 0.1) is 0 Å². The highest BCUT2D eigenvalue weighted by atomic mass is 16.5. The van der Waals surface area contributed by atoms with Crippen molar-refractivity contribution in [1.29, 1.82) is 0 Å². The Labute approximate surface area is 77.7 Å². The number of rotatable bonds is 4.